The number of hydrogen-bond acceptors (Lipinski definition) is 7. The fraction of sp³-hybridized carbons (Fsp3) is 0.609. The monoisotopic (exact) mass is 592 g/mol. The van der Waals surface area contributed by atoms with Crippen molar-refractivity contribution in [3.05, 3.63) is 33.4 Å². The first-order chi connectivity index (χ1) is 15.6. The van der Waals surface area contributed by atoms with Crippen LogP contribution in [0.3, 0.4) is 0 Å². The average molecular weight is 592 g/mol. The van der Waals surface area contributed by atoms with Crippen LogP contribution >= 0.6 is 22.6 Å². The van der Waals surface area contributed by atoms with Crippen molar-refractivity contribution >= 4 is 40.7 Å². The van der Waals surface area contributed by atoms with E-state index in [0.717, 1.165) is 9.13 Å². The zero-order valence-corrected chi connectivity index (χ0v) is 23.0. The van der Waals surface area contributed by atoms with Crippen LogP contribution in [0.4, 0.5) is 9.59 Å². The van der Waals surface area contributed by atoms with Crippen LogP contribution < -0.4 is 21.5 Å². The number of carbonyl (C=O) groups excluding carboxylic acids is 3. The fourth-order valence-electron chi connectivity index (χ4n) is 2.93. The maximum Gasteiger partial charge on any atom is 0.407 e. The van der Waals surface area contributed by atoms with Crippen LogP contribution in [0.2, 0.25) is 0 Å². The molecule has 0 fully saturated rings. The SMILES string of the molecule is COC(=O)N[C@H](C(=O)NNC[C@H](O)[C@H](Cc1ccc(I)cc1)NC(=O)OC(C)(C)C)C(C)(C)C. The van der Waals surface area contributed by atoms with Crippen LogP contribution in [-0.2, 0) is 20.7 Å². The summed E-state index contributed by atoms with van der Waals surface area (Å²) < 4.78 is 11.0. The van der Waals surface area contributed by atoms with Crippen molar-refractivity contribution in [2.24, 2.45) is 5.41 Å². The van der Waals surface area contributed by atoms with Gasteiger partial charge in [0.1, 0.15) is 11.6 Å². The van der Waals surface area contributed by atoms with Gasteiger partial charge in [0.05, 0.1) is 19.3 Å². The molecule has 3 amide bonds. The molecule has 0 saturated carbocycles. The van der Waals surface area contributed by atoms with Gasteiger partial charge in [-0.25, -0.2) is 15.0 Å². The third-order valence-corrected chi connectivity index (χ3v) is 5.35. The largest absolute Gasteiger partial charge is 0.453 e. The fourth-order valence-corrected chi connectivity index (χ4v) is 3.29. The van der Waals surface area contributed by atoms with E-state index < -0.39 is 47.3 Å². The number of amides is 3. The molecule has 10 nitrogen and oxygen atoms in total. The Morgan fingerprint density at radius 1 is 1.00 bits per heavy atom. The van der Waals surface area contributed by atoms with E-state index in [2.05, 4.69) is 48.8 Å². The van der Waals surface area contributed by atoms with Crippen LogP contribution in [0.5, 0.6) is 0 Å². The smallest absolute Gasteiger partial charge is 0.407 e. The molecule has 0 radical (unpaired) electrons. The van der Waals surface area contributed by atoms with E-state index in [-0.39, 0.29) is 6.54 Å². The number of aliphatic hydroxyl groups excluding tert-OH is 1. The Bertz CT molecular complexity index is 820. The quantitative estimate of drug-likeness (QED) is 0.220. The van der Waals surface area contributed by atoms with Crippen LogP contribution in [0.25, 0.3) is 0 Å². The highest BCUT2D eigenvalue weighted by Gasteiger charge is 2.33. The lowest BCUT2D eigenvalue weighted by Crippen LogP contribution is -2.58. The molecule has 0 aliphatic heterocycles. The van der Waals surface area contributed by atoms with Gasteiger partial charge in [0.15, 0.2) is 0 Å². The number of hydrogen-bond donors (Lipinski definition) is 5. The number of hydrazine groups is 1. The summed E-state index contributed by atoms with van der Waals surface area (Å²) in [5, 5.41) is 16.0. The molecule has 3 atom stereocenters. The van der Waals surface area contributed by atoms with Gasteiger partial charge in [-0.3, -0.25) is 10.2 Å². The zero-order chi connectivity index (χ0) is 26.1. The highest BCUT2D eigenvalue weighted by molar-refractivity contribution is 14.1. The standard InChI is InChI=1S/C23H37IN4O6/c1-22(2,3)18(27-20(31)33-7)19(30)28-25-13-17(29)16(26-21(32)34-23(4,5)6)12-14-8-10-15(24)11-9-14/h8-11,16-18,25,29H,12-13H2,1-7H3,(H,26,32)(H,27,31)(H,28,30)/t16-,17-,18+/m0/s1. The maximum atomic E-state index is 12.6. The van der Waals surface area contributed by atoms with Gasteiger partial charge in [-0.2, -0.15) is 0 Å². The van der Waals surface area contributed by atoms with Crippen LogP contribution in [0.1, 0.15) is 47.1 Å². The molecule has 0 spiro atoms. The Labute approximate surface area is 215 Å². The third kappa shape index (κ3) is 11.3. The third-order valence-electron chi connectivity index (χ3n) is 4.63. The van der Waals surface area contributed by atoms with E-state index in [4.69, 9.17) is 4.74 Å². The molecule has 1 aromatic carbocycles. The second-order valence-corrected chi connectivity index (χ2v) is 11.2. The molecule has 0 aromatic heterocycles. The molecule has 0 aliphatic carbocycles. The summed E-state index contributed by atoms with van der Waals surface area (Å²) in [6.45, 7) is 10.6. The molecule has 11 heteroatoms. The van der Waals surface area contributed by atoms with E-state index in [0.29, 0.717) is 6.42 Å². The zero-order valence-electron chi connectivity index (χ0n) is 20.8. The topological polar surface area (TPSA) is 138 Å². The van der Waals surface area contributed by atoms with E-state index >= 15 is 0 Å². The number of methoxy groups -OCH3 is 1. The van der Waals surface area contributed by atoms with Crippen molar-refractivity contribution in [2.45, 2.75) is 71.8 Å². The molecule has 1 rings (SSSR count). The van der Waals surface area contributed by atoms with Crippen molar-refractivity contribution < 1.29 is 29.0 Å². The lowest BCUT2D eigenvalue weighted by Gasteiger charge is -2.30. The first-order valence-electron chi connectivity index (χ1n) is 10.9. The summed E-state index contributed by atoms with van der Waals surface area (Å²) in [4.78, 5) is 36.6. The van der Waals surface area contributed by atoms with E-state index in [9.17, 15) is 19.5 Å². The number of nitrogens with one attached hydrogen (secondary N) is 4. The first-order valence-corrected chi connectivity index (χ1v) is 12.0. The van der Waals surface area contributed by atoms with Crippen molar-refractivity contribution in [2.75, 3.05) is 13.7 Å². The van der Waals surface area contributed by atoms with Gasteiger partial charge in [-0.1, -0.05) is 32.9 Å². The summed E-state index contributed by atoms with van der Waals surface area (Å²) in [5.74, 6) is -0.501. The summed E-state index contributed by atoms with van der Waals surface area (Å²) in [7, 11) is 1.22. The molecular weight excluding hydrogens is 555 g/mol. The van der Waals surface area contributed by atoms with Gasteiger partial charge in [0, 0.05) is 10.1 Å². The van der Waals surface area contributed by atoms with Gasteiger partial charge in [0.25, 0.3) is 5.91 Å². The summed E-state index contributed by atoms with van der Waals surface area (Å²) >= 11 is 2.20. The van der Waals surface area contributed by atoms with Crippen molar-refractivity contribution in [1.82, 2.24) is 21.5 Å². The lowest BCUT2D eigenvalue weighted by molar-refractivity contribution is -0.126. The molecule has 0 saturated heterocycles. The van der Waals surface area contributed by atoms with Gasteiger partial charge in [-0.15, -0.1) is 0 Å². The van der Waals surface area contributed by atoms with E-state index in [1.807, 2.05) is 24.3 Å². The number of rotatable bonds is 9. The molecule has 192 valence electrons. The maximum absolute atomic E-state index is 12.6. The first kappa shape index (κ1) is 29.9. The van der Waals surface area contributed by atoms with Crippen molar-refractivity contribution in [3.8, 4) is 0 Å². The van der Waals surface area contributed by atoms with Crippen LogP contribution in [-0.4, -0.2) is 60.6 Å². The Hall–Kier alpha value is -2.12. The molecule has 0 bridgehead atoms. The van der Waals surface area contributed by atoms with Gasteiger partial charge < -0.3 is 25.2 Å². The average Bonchev–Trinajstić information content (AvgIpc) is 2.70. The van der Waals surface area contributed by atoms with Crippen LogP contribution in [0, 0.1) is 8.99 Å². The predicted molar refractivity (Wildman–Crippen MR) is 137 cm³/mol. The highest BCUT2D eigenvalue weighted by Crippen LogP contribution is 2.19. The number of ether oxygens (including phenoxy) is 2. The number of benzene rings is 1. The molecule has 0 unspecified atom stereocenters. The second kappa shape index (κ2) is 13.1. The van der Waals surface area contributed by atoms with Gasteiger partial charge in [-0.05, 0) is 72.9 Å². The molecule has 34 heavy (non-hydrogen) atoms. The van der Waals surface area contributed by atoms with Gasteiger partial charge in [0.2, 0.25) is 0 Å². The van der Waals surface area contributed by atoms with Crippen LogP contribution in [0.15, 0.2) is 24.3 Å². The highest BCUT2D eigenvalue weighted by atomic mass is 127. The number of alkyl carbamates (subject to hydrolysis) is 2. The molecule has 0 heterocycles. The molecule has 5 N–H and O–H groups in total. The van der Waals surface area contributed by atoms with Crippen molar-refractivity contribution in [1.29, 1.82) is 0 Å². The van der Waals surface area contributed by atoms with E-state index in [1.54, 1.807) is 41.5 Å². The number of carbonyl (C=O) groups is 3. The van der Waals surface area contributed by atoms with Crippen molar-refractivity contribution in [3.63, 3.8) is 0 Å². The molecule has 0 aliphatic rings. The summed E-state index contributed by atoms with van der Waals surface area (Å²) in [6.07, 6.45) is -2.09. The minimum Gasteiger partial charge on any atom is -0.453 e. The minimum atomic E-state index is -1.06. The molecular formula is C23H37IN4O6. The Balaban J connectivity index is 2.82. The lowest BCUT2D eigenvalue weighted by atomic mass is 9.86. The Morgan fingerprint density at radius 2 is 1.59 bits per heavy atom. The normalized spacial score (nSPS) is 14.4. The number of halogens is 1. The second-order valence-electron chi connectivity index (χ2n) is 9.96. The molecule has 1 aromatic rings. The summed E-state index contributed by atoms with van der Waals surface area (Å²) in [5.41, 5.74) is 4.83. The minimum absolute atomic E-state index is 0.0638. The Kier molecular flexibility index (Phi) is 11.5. The number of aliphatic hydroxyl groups is 1. The summed E-state index contributed by atoms with van der Waals surface area (Å²) in [6, 6.07) is 6.14. The predicted octanol–water partition coefficient (Wildman–Crippen LogP) is 2.48. The van der Waals surface area contributed by atoms with E-state index in [1.165, 1.54) is 7.11 Å². The van der Waals surface area contributed by atoms with Gasteiger partial charge >= 0.3 is 12.2 Å². The Morgan fingerprint density at radius 3 is 2.09 bits per heavy atom.